The maximum Gasteiger partial charge on any atom is 0.268 e. The number of amides is 2. The first-order valence-electron chi connectivity index (χ1n) is 10.7. The molecule has 7 heteroatoms. The van der Waals surface area contributed by atoms with Crippen molar-refractivity contribution in [2.45, 2.75) is 33.3 Å². The third-order valence-electron chi connectivity index (χ3n) is 6.02. The van der Waals surface area contributed by atoms with Crippen molar-refractivity contribution in [3.05, 3.63) is 52.5 Å². The van der Waals surface area contributed by atoms with Crippen molar-refractivity contribution < 1.29 is 14.3 Å². The van der Waals surface area contributed by atoms with Gasteiger partial charge in [-0.25, -0.2) is 0 Å². The zero-order valence-corrected chi connectivity index (χ0v) is 19.0. The minimum atomic E-state index is -0.550. The van der Waals surface area contributed by atoms with Crippen LogP contribution in [0, 0.1) is 13.8 Å². The third kappa shape index (κ3) is 4.35. The third-order valence-corrected chi connectivity index (χ3v) is 6.26. The molecule has 2 heterocycles. The molecule has 1 unspecified atom stereocenters. The first kappa shape index (κ1) is 21.5. The second kappa shape index (κ2) is 8.79. The maximum atomic E-state index is 13.1. The van der Waals surface area contributed by atoms with Crippen molar-refractivity contribution >= 4 is 34.8 Å². The van der Waals surface area contributed by atoms with E-state index in [-0.39, 0.29) is 18.4 Å². The van der Waals surface area contributed by atoms with Crippen molar-refractivity contribution in [2.75, 3.05) is 42.5 Å². The summed E-state index contributed by atoms with van der Waals surface area (Å²) in [5.74, 6) is 0.466. The van der Waals surface area contributed by atoms with Crippen LogP contribution in [-0.4, -0.2) is 55.5 Å². The predicted molar refractivity (Wildman–Crippen MR) is 123 cm³/mol. The van der Waals surface area contributed by atoms with Crippen molar-refractivity contribution in [1.82, 2.24) is 4.90 Å². The van der Waals surface area contributed by atoms with E-state index in [4.69, 9.17) is 16.3 Å². The number of ether oxygens (including phenoxy) is 1. The number of fused-ring (bicyclic) bond motifs is 1. The van der Waals surface area contributed by atoms with Crippen molar-refractivity contribution in [2.24, 2.45) is 0 Å². The Balaban J connectivity index is 1.46. The summed E-state index contributed by atoms with van der Waals surface area (Å²) in [4.78, 5) is 31.8. The van der Waals surface area contributed by atoms with Crippen LogP contribution >= 0.6 is 11.6 Å². The topological polar surface area (TPSA) is 53.1 Å². The molecule has 1 atom stereocenters. The summed E-state index contributed by atoms with van der Waals surface area (Å²) >= 11 is 6.17. The van der Waals surface area contributed by atoms with Crippen LogP contribution in [0.3, 0.4) is 0 Å². The summed E-state index contributed by atoms with van der Waals surface area (Å²) in [5, 5.41) is 0.712. The van der Waals surface area contributed by atoms with Gasteiger partial charge < -0.3 is 14.5 Å². The highest BCUT2D eigenvalue weighted by Gasteiger charge is 2.35. The van der Waals surface area contributed by atoms with Crippen molar-refractivity contribution in [3.63, 3.8) is 0 Å². The number of piperazine rings is 1. The molecule has 164 valence electrons. The van der Waals surface area contributed by atoms with Crippen LogP contribution in [0.15, 0.2) is 36.4 Å². The van der Waals surface area contributed by atoms with Crippen LogP contribution in [0.2, 0.25) is 5.02 Å². The molecule has 6 nitrogen and oxygen atoms in total. The van der Waals surface area contributed by atoms with Gasteiger partial charge in [0.2, 0.25) is 5.91 Å². The Morgan fingerprint density at radius 2 is 1.81 bits per heavy atom. The highest BCUT2D eigenvalue weighted by molar-refractivity contribution is 6.30. The smallest absolute Gasteiger partial charge is 0.268 e. The van der Waals surface area contributed by atoms with E-state index >= 15 is 0 Å². The van der Waals surface area contributed by atoms with Gasteiger partial charge in [0.1, 0.15) is 12.3 Å². The van der Waals surface area contributed by atoms with E-state index in [2.05, 4.69) is 11.8 Å². The molecule has 2 aliphatic rings. The molecule has 0 bridgehead atoms. The number of anilines is 2. The van der Waals surface area contributed by atoms with E-state index in [0.29, 0.717) is 36.0 Å². The minimum Gasteiger partial charge on any atom is -0.478 e. The van der Waals surface area contributed by atoms with Crippen LogP contribution < -0.4 is 14.5 Å². The fraction of sp³-hybridized carbons (Fsp3) is 0.417. The summed E-state index contributed by atoms with van der Waals surface area (Å²) in [6.07, 6.45) is 0.0137. The lowest BCUT2D eigenvalue weighted by Crippen LogP contribution is -2.54. The second-order valence-electron chi connectivity index (χ2n) is 8.21. The molecule has 31 heavy (non-hydrogen) atoms. The number of benzene rings is 2. The number of aryl methyl sites for hydroxylation is 2. The molecule has 0 spiro atoms. The molecule has 0 aromatic heterocycles. The highest BCUT2D eigenvalue weighted by atomic mass is 35.5. The van der Waals surface area contributed by atoms with Crippen LogP contribution in [0.1, 0.15) is 24.5 Å². The molecule has 0 radical (unpaired) electrons. The number of carbonyl (C=O) groups excluding carboxylic acids is 2. The first-order valence-corrected chi connectivity index (χ1v) is 11.1. The van der Waals surface area contributed by atoms with Crippen LogP contribution in [0.25, 0.3) is 0 Å². The van der Waals surface area contributed by atoms with Crippen LogP contribution in [0.4, 0.5) is 11.4 Å². The summed E-state index contributed by atoms with van der Waals surface area (Å²) in [7, 11) is 0. The summed E-state index contributed by atoms with van der Waals surface area (Å²) < 4.78 is 5.86. The van der Waals surface area contributed by atoms with Gasteiger partial charge >= 0.3 is 0 Å². The lowest BCUT2D eigenvalue weighted by atomic mass is 10.1. The Bertz CT molecular complexity index is 1000. The maximum absolute atomic E-state index is 13.1. The standard InChI is InChI=1S/C24H28ClN3O3/c1-4-21-24(30)28(20-13-16(2)5-8-22(20)31-21)15-23(29)27-11-9-26(10-12-27)19-14-18(25)7-6-17(19)3/h5-8,13-14,21H,4,9-12,15H2,1-3H3. The SMILES string of the molecule is CCC1Oc2ccc(C)cc2N(CC(=O)N2CCN(c3cc(Cl)ccc3C)CC2)C1=O. The minimum absolute atomic E-state index is 0.0331. The van der Waals surface area contributed by atoms with E-state index < -0.39 is 6.10 Å². The lowest BCUT2D eigenvalue weighted by molar-refractivity contribution is -0.133. The zero-order chi connectivity index (χ0) is 22.1. The zero-order valence-electron chi connectivity index (χ0n) is 18.2. The fourth-order valence-electron chi connectivity index (χ4n) is 4.21. The van der Waals surface area contributed by atoms with Gasteiger partial charge in [0.15, 0.2) is 6.10 Å². The van der Waals surface area contributed by atoms with Crippen molar-refractivity contribution in [3.8, 4) is 5.75 Å². The molecule has 2 amide bonds. The molecule has 0 N–H and O–H groups in total. The summed E-state index contributed by atoms with van der Waals surface area (Å²) in [6, 6.07) is 11.6. The second-order valence-corrected chi connectivity index (χ2v) is 8.65. The highest BCUT2D eigenvalue weighted by Crippen LogP contribution is 2.35. The van der Waals surface area contributed by atoms with E-state index in [0.717, 1.165) is 24.3 Å². The molecule has 2 aliphatic heterocycles. The fourth-order valence-corrected chi connectivity index (χ4v) is 4.38. The number of rotatable bonds is 4. The molecule has 2 aromatic rings. The lowest BCUT2D eigenvalue weighted by Gasteiger charge is -2.39. The number of hydrogen-bond acceptors (Lipinski definition) is 4. The molecule has 0 aliphatic carbocycles. The van der Waals surface area contributed by atoms with Gasteiger partial charge in [0.25, 0.3) is 5.91 Å². The van der Waals surface area contributed by atoms with E-state index in [1.54, 1.807) is 4.90 Å². The van der Waals surface area contributed by atoms with Gasteiger partial charge in [-0.1, -0.05) is 30.7 Å². The number of hydrogen-bond donors (Lipinski definition) is 0. The first-order chi connectivity index (χ1) is 14.9. The summed E-state index contributed by atoms with van der Waals surface area (Å²) in [5.41, 5.74) is 3.98. The molecule has 0 saturated carbocycles. The van der Waals surface area contributed by atoms with Gasteiger partial charge in [-0.15, -0.1) is 0 Å². The predicted octanol–water partition coefficient (Wildman–Crippen LogP) is 3.81. The van der Waals surface area contributed by atoms with Gasteiger partial charge in [0, 0.05) is 36.9 Å². The number of carbonyl (C=O) groups is 2. The van der Waals surface area contributed by atoms with E-state index in [1.807, 2.05) is 55.1 Å². The average molecular weight is 442 g/mol. The van der Waals surface area contributed by atoms with E-state index in [9.17, 15) is 9.59 Å². The molecular weight excluding hydrogens is 414 g/mol. The normalized spacial score (nSPS) is 18.6. The Hall–Kier alpha value is -2.73. The molecule has 1 fully saturated rings. The van der Waals surface area contributed by atoms with Gasteiger partial charge in [0.05, 0.1) is 5.69 Å². The van der Waals surface area contributed by atoms with Gasteiger partial charge in [-0.05, 0) is 55.7 Å². The quantitative estimate of drug-likeness (QED) is 0.724. The Labute approximate surface area is 188 Å². The Kier molecular flexibility index (Phi) is 6.10. The van der Waals surface area contributed by atoms with Crippen molar-refractivity contribution in [1.29, 1.82) is 0 Å². The molecular formula is C24H28ClN3O3. The Morgan fingerprint density at radius 1 is 1.06 bits per heavy atom. The van der Waals surface area contributed by atoms with Gasteiger partial charge in [-0.2, -0.15) is 0 Å². The monoisotopic (exact) mass is 441 g/mol. The summed E-state index contributed by atoms with van der Waals surface area (Å²) in [6.45, 7) is 8.67. The largest absolute Gasteiger partial charge is 0.478 e. The number of nitrogens with zero attached hydrogens (tertiary/aromatic N) is 3. The Morgan fingerprint density at radius 3 is 2.52 bits per heavy atom. The molecule has 1 saturated heterocycles. The van der Waals surface area contributed by atoms with E-state index in [1.165, 1.54) is 5.56 Å². The van der Waals surface area contributed by atoms with Crippen LogP contribution in [-0.2, 0) is 9.59 Å². The molecule has 2 aromatic carbocycles. The van der Waals surface area contributed by atoms with Gasteiger partial charge in [-0.3, -0.25) is 14.5 Å². The molecule has 4 rings (SSSR count). The van der Waals surface area contributed by atoms with Crippen LogP contribution in [0.5, 0.6) is 5.75 Å². The number of halogens is 1. The average Bonchev–Trinajstić information content (AvgIpc) is 2.77.